The van der Waals surface area contributed by atoms with Crippen LogP contribution in [0.15, 0.2) is 79.3 Å². The first-order valence-corrected chi connectivity index (χ1v) is 9.71. The first-order valence-electron chi connectivity index (χ1n) is 9.71. The highest BCUT2D eigenvalue weighted by molar-refractivity contribution is 5.64. The predicted octanol–water partition coefficient (Wildman–Crippen LogP) is 5.82. The summed E-state index contributed by atoms with van der Waals surface area (Å²) < 4.78 is 30.0. The SMILES string of the molecule is N#Cc1ccc(C2CC(c3cccc(-c4ccc(F)cc4)c3)c3cncn32)c(F)c1. The molecule has 30 heavy (non-hydrogen) atoms. The zero-order valence-corrected chi connectivity index (χ0v) is 16.0. The van der Waals surface area contributed by atoms with Crippen molar-refractivity contribution in [3.05, 3.63) is 113 Å². The number of imidazole rings is 1. The molecule has 3 nitrogen and oxygen atoms in total. The molecule has 0 aliphatic carbocycles. The lowest BCUT2D eigenvalue weighted by Crippen LogP contribution is -2.07. The van der Waals surface area contributed by atoms with Gasteiger partial charge in [0.1, 0.15) is 11.6 Å². The third-order valence-electron chi connectivity index (χ3n) is 5.80. The second-order valence-electron chi connectivity index (χ2n) is 7.51. The number of benzene rings is 3. The van der Waals surface area contributed by atoms with Crippen LogP contribution in [0, 0.1) is 23.0 Å². The van der Waals surface area contributed by atoms with E-state index in [1.807, 2.05) is 29.0 Å². The Bertz CT molecular complexity index is 1270. The molecule has 0 amide bonds. The molecule has 2 heterocycles. The molecule has 2 atom stereocenters. The van der Waals surface area contributed by atoms with E-state index < -0.39 is 0 Å². The Morgan fingerprint density at radius 1 is 0.967 bits per heavy atom. The summed E-state index contributed by atoms with van der Waals surface area (Å²) in [7, 11) is 0. The Hall–Kier alpha value is -3.78. The number of aromatic nitrogens is 2. The molecule has 0 saturated carbocycles. The van der Waals surface area contributed by atoms with Crippen LogP contribution in [0.2, 0.25) is 0 Å². The fraction of sp³-hybridized carbons (Fsp3) is 0.120. The van der Waals surface area contributed by atoms with E-state index >= 15 is 0 Å². The van der Waals surface area contributed by atoms with Gasteiger partial charge < -0.3 is 4.57 Å². The Morgan fingerprint density at radius 2 is 1.80 bits per heavy atom. The number of rotatable bonds is 3. The van der Waals surface area contributed by atoms with Crippen molar-refractivity contribution in [1.29, 1.82) is 5.26 Å². The van der Waals surface area contributed by atoms with Crippen molar-refractivity contribution >= 4 is 0 Å². The average molecular weight is 397 g/mol. The van der Waals surface area contributed by atoms with E-state index in [0.717, 1.165) is 22.4 Å². The number of fused-ring (bicyclic) bond motifs is 1. The molecule has 4 aromatic rings. The Kier molecular flexibility index (Phi) is 4.40. The third-order valence-corrected chi connectivity index (χ3v) is 5.80. The average Bonchev–Trinajstić information content (AvgIpc) is 3.37. The first-order chi connectivity index (χ1) is 14.6. The zero-order chi connectivity index (χ0) is 20.7. The minimum atomic E-state index is -0.376. The fourth-order valence-electron chi connectivity index (χ4n) is 4.33. The van der Waals surface area contributed by atoms with Gasteiger partial charge in [0, 0.05) is 23.4 Å². The van der Waals surface area contributed by atoms with E-state index in [1.165, 1.54) is 18.2 Å². The van der Waals surface area contributed by atoms with Crippen LogP contribution in [0.4, 0.5) is 8.78 Å². The van der Waals surface area contributed by atoms with Crippen LogP contribution in [0.25, 0.3) is 11.1 Å². The van der Waals surface area contributed by atoms with Crippen molar-refractivity contribution in [1.82, 2.24) is 9.55 Å². The minimum absolute atomic E-state index is 0.0629. The maximum absolute atomic E-state index is 14.7. The molecule has 0 saturated heterocycles. The summed E-state index contributed by atoms with van der Waals surface area (Å²) in [6, 6.07) is 21.0. The first kappa shape index (κ1) is 18.3. The van der Waals surface area contributed by atoms with E-state index in [1.54, 1.807) is 30.6 Å². The van der Waals surface area contributed by atoms with Crippen LogP contribution in [-0.4, -0.2) is 9.55 Å². The van der Waals surface area contributed by atoms with Crippen LogP contribution in [-0.2, 0) is 0 Å². The Labute approximate surface area is 172 Å². The van der Waals surface area contributed by atoms with Crippen molar-refractivity contribution in [2.24, 2.45) is 0 Å². The van der Waals surface area contributed by atoms with Gasteiger partial charge in [-0.2, -0.15) is 5.26 Å². The van der Waals surface area contributed by atoms with Gasteiger partial charge in [0.15, 0.2) is 0 Å². The number of halogens is 2. The van der Waals surface area contributed by atoms with Crippen LogP contribution < -0.4 is 0 Å². The van der Waals surface area contributed by atoms with Gasteiger partial charge in [0.05, 0.1) is 24.0 Å². The summed E-state index contributed by atoms with van der Waals surface area (Å²) in [5.74, 6) is -0.575. The van der Waals surface area contributed by atoms with E-state index in [-0.39, 0.29) is 23.6 Å². The van der Waals surface area contributed by atoms with Crippen molar-refractivity contribution in [3.63, 3.8) is 0 Å². The smallest absolute Gasteiger partial charge is 0.129 e. The summed E-state index contributed by atoms with van der Waals surface area (Å²) in [4.78, 5) is 4.30. The zero-order valence-electron chi connectivity index (χ0n) is 16.0. The lowest BCUT2D eigenvalue weighted by atomic mass is 9.89. The highest BCUT2D eigenvalue weighted by atomic mass is 19.1. The van der Waals surface area contributed by atoms with Gasteiger partial charge in [-0.3, -0.25) is 0 Å². The highest BCUT2D eigenvalue weighted by Crippen LogP contribution is 2.44. The van der Waals surface area contributed by atoms with Crippen molar-refractivity contribution in [2.45, 2.75) is 18.4 Å². The van der Waals surface area contributed by atoms with E-state index in [2.05, 4.69) is 17.1 Å². The maximum atomic E-state index is 14.7. The summed E-state index contributed by atoms with van der Waals surface area (Å²) in [5, 5.41) is 9.02. The molecule has 2 unspecified atom stereocenters. The summed E-state index contributed by atoms with van der Waals surface area (Å²) >= 11 is 0. The number of nitrogens with zero attached hydrogens (tertiary/aromatic N) is 3. The number of hydrogen-bond donors (Lipinski definition) is 0. The monoisotopic (exact) mass is 397 g/mol. The second kappa shape index (κ2) is 7.23. The van der Waals surface area contributed by atoms with Gasteiger partial charge in [-0.05, 0) is 47.4 Å². The van der Waals surface area contributed by atoms with Crippen LogP contribution in [0.1, 0.15) is 40.8 Å². The number of nitriles is 1. The van der Waals surface area contributed by atoms with Gasteiger partial charge in [0.2, 0.25) is 0 Å². The van der Waals surface area contributed by atoms with E-state index in [9.17, 15) is 8.78 Å². The van der Waals surface area contributed by atoms with Crippen molar-refractivity contribution in [3.8, 4) is 17.2 Å². The molecule has 1 aliphatic rings. The normalized spacial score (nSPS) is 17.5. The molecule has 0 fully saturated rings. The molecule has 5 rings (SSSR count). The van der Waals surface area contributed by atoms with E-state index in [0.29, 0.717) is 17.5 Å². The van der Waals surface area contributed by atoms with Crippen molar-refractivity contribution in [2.75, 3.05) is 0 Å². The minimum Gasteiger partial charge on any atom is -0.326 e. The second-order valence-corrected chi connectivity index (χ2v) is 7.51. The Balaban J connectivity index is 1.52. The van der Waals surface area contributed by atoms with Crippen LogP contribution >= 0.6 is 0 Å². The quantitative estimate of drug-likeness (QED) is 0.437. The topological polar surface area (TPSA) is 41.6 Å². The van der Waals surface area contributed by atoms with Gasteiger partial charge >= 0.3 is 0 Å². The predicted molar refractivity (Wildman–Crippen MR) is 110 cm³/mol. The number of hydrogen-bond acceptors (Lipinski definition) is 2. The molecule has 1 aliphatic heterocycles. The van der Waals surface area contributed by atoms with Crippen LogP contribution in [0.5, 0.6) is 0 Å². The van der Waals surface area contributed by atoms with Gasteiger partial charge in [0.25, 0.3) is 0 Å². The molecule has 5 heteroatoms. The van der Waals surface area contributed by atoms with Gasteiger partial charge in [-0.25, -0.2) is 13.8 Å². The molecule has 3 aromatic carbocycles. The lowest BCUT2D eigenvalue weighted by Gasteiger charge is -2.15. The van der Waals surface area contributed by atoms with E-state index in [4.69, 9.17) is 5.26 Å². The molecule has 1 aromatic heterocycles. The van der Waals surface area contributed by atoms with Crippen molar-refractivity contribution < 1.29 is 8.78 Å². The molecule has 0 bridgehead atoms. The lowest BCUT2D eigenvalue weighted by molar-refractivity contribution is 0.538. The molecule has 0 spiro atoms. The standard InChI is InChI=1S/C25H17F2N3/c26-20-7-5-17(6-8-20)18-2-1-3-19(11-18)22-12-24(30-15-29-14-25(22)30)21-9-4-16(13-28)10-23(21)27/h1-11,14-15,22,24H,12H2. The molecule has 146 valence electrons. The van der Waals surface area contributed by atoms with Crippen LogP contribution in [0.3, 0.4) is 0 Å². The molecular weight excluding hydrogens is 380 g/mol. The molecular formula is C25H17F2N3. The largest absolute Gasteiger partial charge is 0.326 e. The summed E-state index contributed by atoms with van der Waals surface area (Å²) in [5.41, 5.74) is 4.95. The van der Waals surface area contributed by atoms with Gasteiger partial charge in [-0.15, -0.1) is 0 Å². The summed E-state index contributed by atoms with van der Waals surface area (Å²) in [6.07, 6.45) is 4.27. The maximum Gasteiger partial charge on any atom is 0.129 e. The molecule has 0 N–H and O–H groups in total. The highest BCUT2D eigenvalue weighted by Gasteiger charge is 2.34. The van der Waals surface area contributed by atoms with Gasteiger partial charge in [-0.1, -0.05) is 42.5 Å². The summed E-state index contributed by atoms with van der Waals surface area (Å²) in [6.45, 7) is 0. The molecule has 0 radical (unpaired) electrons. The fourth-order valence-corrected chi connectivity index (χ4v) is 4.33. The Morgan fingerprint density at radius 3 is 2.57 bits per heavy atom. The third kappa shape index (κ3) is 3.07.